The van der Waals surface area contributed by atoms with Crippen LogP contribution in [0.25, 0.3) is 21.5 Å². The van der Waals surface area contributed by atoms with E-state index in [1.165, 1.54) is 31.4 Å². The number of rotatable bonds is 6. The molecule has 0 aromatic heterocycles. The number of benzene rings is 3. The average molecular weight is 521 g/mol. The molecule has 5 rings (SSSR count). The summed E-state index contributed by atoms with van der Waals surface area (Å²) in [5.74, 6) is -1.07. The van der Waals surface area contributed by atoms with Crippen molar-refractivity contribution in [2.45, 2.75) is 30.7 Å². The largest absolute Gasteiger partial charge is 0.595 e. The van der Waals surface area contributed by atoms with Crippen LogP contribution in [-0.4, -0.2) is 87.9 Å². The number of aliphatic hydroxyl groups excluding tert-OH is 4. The van der Waals surface area contributed by atoms with Crippen molar-refractivity contribution >= 4 is 33.2 Å². The monoisotopic (exact) mass is 521 g/mol. The number of aromatic carboxylic acids is 1. The van der Waals surface area contributed by atoms with E-state index in [-0.39, 0.29) is 51.8 Å². The van der Waals surface area contributed by atoms with Gasteiger partial charge in [0.1, 0.15) is 24.4 Å². The summed E-state index contributed by atoms with van der Waals surface area (Å²) in [4.78, 5) is 12.1. The Hall–Kier alpha value is -3.47. The van der Waals surface area contributed by atoms with Crippen molar-refractivity contribution in [2.24, 2.45) is 0 Å². The molecule has 3 aromatic rings. The number of hydrogen-bond donors (Lipinski definition) is 7. The highest BCUT2D eigenvalue weighted by molar-refractivity contribution is 6.21. The van der Waals surface area contributed by atoms with Crippen LogP contribution in [0.15, 0.2) is 24.3 Å². The van der Waals surface area contributed by atoms with Crippen molar-refractivity contribution in [1.82, 2.24) is 0 Å². The summed E-state index contributed by atoms with van der Waals surface area (Å²) in [5, 5.41) is 71.2. The average Bonchev–Trinajstić information content (AvgIpc) is 3.36. The maximum Gasteiger partial charge on any atom is 0.336 e. The van der Waals surface area contributed by atoms with Crippen LogP contribution in [0.1, 0.15) is 10.4 Å². The molecule has 0 amide bonds. The van der Waals surface area contributed by atoms with Gasteiger partial charge in [0.15, 0.2) is 28.7 Å². The fraction of sp³-hybridized carbons (Fsp3) is 0.348. The first-order valence-corrected chi connectivity index (χ1v) is 11.0. The van der Waals surface area contributed by atoms with Gasteiger partial charge in [0.2, 0.25) is 13.1 Å². The molecular formula is C23H23NO13. The molecule has 0 aliphatic carbocycles. The molecule has 2 heterocycles. The molecule has 6 unspecified atom stereocenters. The van der Waals surface area contributed by atoms with Crippen LogP contribution in [0, 0.1) is 5.21 Å². The van der Waals surface area contributed by atoms with Gasteiger partial charge in [0, 0.05) is 11.5 Å². The molecular weight excluding hydrogens is 498 g/mol. The Labute approximate surface area is 207 Å². The molecule has 0 spiro atoms. The molecule has 1 saturated heterocycles. The van der Waals surface area contributed by atoms with Crippen LogP contribution in [0.5, 0.6) is 23.0 Å². The van der Waals surface area contributed by atoms with E-state index in [4.69, 9.17) is 23.7 Å². The zero-order chi connectivity index (χ0) is 26.6. The van der Waals surface area contributed by atoms with Crippen molar-refractivity contribution in [3.63, 3.8) is 0 Å². The molecule has 1 fully saturated rings. The van der Waals surface area contributed by atoms with E-state index in [9.17, 15) is 40.7 Å². The van der Waals surface area contributed by atoms with Crippen molar-refractivity contribution < 1.29 is 64.4 Å². The first-order chi connectivity index (χ1) is 17.7. The zero-order valence-corrected chi connectivity index (χ0v) is 19.2. The van der Waals surface area contributed by atoms with Gasteiger partial charge < -0.3 is 54.4 Å². The molecule has 14 nitrogen and oxygen atoms in total. The third kappa shape index (κ3) is 4.05. The standard InChI is InChI=1S/C23H23NO13/c1-33-12-3-8-2-11(24(31)32)16-10(22(29)30)5-14-21(35-7-34-14)17(16)9(8)4-13(12)36-23-20(28)19(27)18(26)15(6-25)37-23/h2-5,15,18-20,23-28,31H,6-7H2,1H3,(H,29,30). The van der Waals surface area contributed by atoms with Crippen molar-refractivity contribution in [3.05, 3.63) is 35.0 Å². The van der Waals surface area contributed by atoms with Crippen LogP contribution < -0.4 is 24.2 Å². The van der Waals surface area contributed by atoms with Gasteiger partial charge >= 0.3 is 5.97 Å². The Morgan fingerprint density at radius 1 is 1.08 bits per heavy atom. The SMILES string of the molecule is COc1cc2cc([NH+]([O-])O)c3c(C(=O)O)cc4c(c3c2cc1OC1OC(CO)C(O)C(O)C1O)OCO4. The lowest BCUT2D eigenvalue weighted by Crippen LogP contribution is -2.99. The Kier molecular flexibility index (Phi) is 6.43. The van der Waals surface area contributed by atoms with E-state index in [1.54, 1.807) is 0 Å². The van der Waals surface area contributed by atoms with E-state index in [0.29, 0.717) is 10.8 Å². The van der Waals surface area contributed by atoms with Gasteiger partial charge in [-0.1, -0.05) is 0 Å². The molecule has 2 aliphatic heterocycles. The Bertz CT molecular complexity index is 1370. The maximum absolute atomic E-state index is 12.1. The number of carboxylic acid groups (broad SMARTS) is 1. The van der Waals surface area contributed by atoms with Crippen LogP contribution in [0.3, 0.4) is 0 Å². The normalized spacial score (nSPS) is 25.9. The second-order valence-corrected chi connectivity index (χ2v) is 8.48. The molecule has 0 bridgehead atoms. The molecule has 7 N–H and O–H groups in total. The van der Waals surface area contributed by atoms with Gasteiger partial charge in [0.25, 0.3) is 0 Å². The fourth-order valence-electron chi connectivity index (χ4n) is 4.60. The van der Waals surface area contributed by atoms with Gasteiger partial charge in [0.05, 0.1) is 24.7 Å². The number of quaternary nitrogens is 1. The number of ether oxygens (including phenoxy) is 5. The van der Waals surface area contributed by atoms with Gasteiger partial charge in [-0.05, 0) is 29.0 Å². The van der Waals surface area contributed by atoms with Crippen molar-refractivity contribution in [3.8, 4) is 23.0 Å². The topological polar surface area (TPSA) is 212 Å². The van der Waals surface area contributed by atoms with Crippen molar-refractivity contribution in [2.75, 3.05) is 20.5 Å². The summed E-state index contributed by atoms with van der Waals surface area (Å²) in [6, 6.07) is 5.34. The third-order valence-electron chi connectivity index (χ3n) is 6.39. The zero-order valence-electron chi connectivity index (χ0n) is 19.2. The quantitative estimate of drug-likeness (QED) is 0.154. The molecule has 0 radical (unpaired) electrons. The summed E-state index contributed by atoms with van der Waals surface area (Å²) in [5.41, 5.74) is -0.603. The number of fused-ring (bicyclic) bond motifs is 5. The number of carbonyl (C=O) groups is 1. The van der Waals surface area contributed by atoms with Gasteiger partial charge in [-0.3, -0.25) is 0 Å². The number of hydrogen-bond acceptors (Lipinski definition) is 12. The second-order valence-electron chi connectivity index (χ2n) is 8.48. The molecule has 6 atom stereocenters. The number of nitrogens with one attached hydrogen (secondary N) is 1. The smallest absolute Gasteiger partial charge is 0.336 e. The van der Waals surface area contributed by atoms with E-state index in [1.807, 2.05) is 0 Å². The van der Waals surface area contributed by atoms with Gasteiger partial charge in [-0.15, -0.1) is 0 Å². The van der Waals surface area contributed by atoms with E-state index < -0.39 is 48.5 Å². The number of methoxy groups -OCH3 is 1. The lowest BCUT2D eigenvalue weighted by atomic mass is 9.94. The van der Waals surface area contributed by atoms with Crippen LogP contribution in [0.4, 0.5) is 5.69 Å². The lowest BCUT2D eigenvalue weighted by Gasteiger charge is -2.39. The fourth-order valence-corrected chi connectivity index (χ4v) is 4.60. The van der Waals surface area contributed by atoms with Crippen LogP contribution >= 0.6 is 0 Å². The third-order valence-corrected chi connectivity index (χ3v) is 6.39. The Balaban J connectivity index is 1.75. The maximum atomic E-state index is 12.1. The highest BCUT2D eigenvalue weighted by atomic mass is 16.8. The van der Waals surface area contributed by atoms with E-state index in [0.717, 1.165) is 0 Å². The number of aliphatic hydroxyl groups is 4. The van der Waals surface area contributed by atoms with Crippen LogP contribution in [-0.2, 0) is 4.74 Å². The summed E-state index contributed by atoms with van der Waals surface area (Å²) in [6.45, 7) is -0.875. The van der Waals surface area contributed by atoms with Gasteiger partial charge in [-0.2, -0.15) is 5.23 Å². The predicted octanol–water partition coefficient (Wildman–Crippen LogP) is -0.989. The van der Waals surface area contributed by atoms with Gasteiger partial charge in [-0.25, -0.2) is 10.0 Å². The predicted molar refractivity (Wildman–Crippen MR) is 121 cm³/mol. The minimum Gasteiger partial charge on any atom is -0.595 e. The first-order valence-electron chi connectivity index (χ1n) is 11.0. The van der Waals surface area contributed by atoms with Crippen molar-refractivity contribution in [1.29, 1.82) is 0 Å². The summed E-state index contributed by atoms with van der Waals surface area (Å²) >= 11 is 0. The Morgan fingerprint density at radius 3 is 2.49 bits per heavy atom. The highest BCUT2D eigenvalue weighted by Crippen LogP contribution is 2.48. The summed E-state index contributed by atoms with van der Waals surface area (Å²) in [6.07, 6.45) is -7.74. The summed E-state index contributed by atoms with van der Waals surface area (Å²) < 4.78 is 27.5. The molecule has 14 heteroatoms. The molecule has 0 saturated carbocycles. The highest BCUT2D eigenvalue weighted by Gasteiger charge is 2.45. The minimum absolute atomic E-state index is 0.0305. The second kappa shape index (κ2) is 9.44. The first kappa shape index (κ1) is 25.2. The van der Waals surface area contributed by atoms with E-state index in [2.05, 4.69) is 0 Å². The van der Waals surface area contributed by atoms with Crippen LogP contribution in [0.2, 0.25) is 0 Å². The molecule has 3 aromatic carbocycles. The Morgan fingerprint density at radius 2 is 1.84 bits per heavy atom. The number of carboxylic acids is 1. The van der Waals surface area contributed by atoms with E-state index >= 15 is 0 Å². The lowest BCUT2D eigenvalue weighted by molar-refractivity contribution is -0.990. The molecule has 2 aliphatic rings. The summed E-state index contributed by atoms with van der Waals surface area (Å²) in [7, 11) is 1.32. The molecule has 198 valence electrons. The molecule has 37 heavy (non-hydrogen) atoms. The minimum atomic E-state index is -1.70.